The van der Waals surface area contributed by atoms with E-state index >= 15 is 0 Å². The maximum absolute atomic E-state index is 5.54. The highest BCUT2D eigenvalue weighted by Crippen LogP contribution is 2.40. The molecule has 0 bridgehead atoms. The van der Waals surface area contributed by atoms with Crippen LogP contribution >= 0.6 is 15.9 Å². The molecule has 0 saturated carbocycles. The van der Waals surface area contributed by atoms with Gasteiger partial charge in [0, 0.05) is 18.7 Å². The SMILES string of the molecule is COc1c(Br)cccc1CN1CCC2(CCNCC2)C1. The van der Waals surface area contributed by atoms with Crippen LogP contribution in [0.1, 0.15) is 24.8 Å². The summed E-state index contributed by atoms with van der Waals surface area (Å²) in [5.74, 6) is 0.985. The molecule has 110 valence electrons. The zero-order chi connectivity index (χ0) is 14.0. The Labute approximate surface area is 129 Å². The van der Waals surface area contributed by atoms with E-state index in [1.807, 2.05) is 6.07 Å². The highest BCUT2D eigenvalue weighted by atomic mass is 79.9. The summed E-state index contributed by atoms with van der Waals surface area (Å²) < 4.78 is 6.59. The predicted octanol–water partition coefficient (Wildman–Crippen LogP) is 3.03. The van der Waals surface area contributed by atoms with Gasteiger partial charge in [-0.05, 0) is 66.3 Å². The van der Waals surface area contributed by atoms with Crippen molar-refractivity contribution in [3.8, 4) is 5.75 Å². The summed E-state index contributed by atoms with van der Waals surface area (Å²) in [6, 6.07) is 6.32. The molecule has 20 heavy (non-hydrogen) atoms. The molecule has 0 atom stereocenters. The van der Waals surface area contributed by atoms with Gasteiger partial charge < -0.3 is 10.1 Å². The van der Waals surface area contributed by atoms with E-state index in [1.165, 1.54) is 51.0 Å². The van der Waals surface area contributed by atoms with E-state index in [4.69, 9.17) is 4.74 Å². The predicted molar refractivity (Wildman–Crippen MR) is 85.1 cm³/mol. The largest absolute Gasteiger partial charge is 0.495 e. The first-order valence-corrected chi connectivity index (χ1v) is 8.26. The van der Waals surface area contributed by atoms with Crippen molar-refractivity contribution in [1.29, 1.82) is 0 Å². The minimum absolute atomic E-state index is 0.574. The minimum Gasteiger partial charge on any atom is -0.495 e. The summed E-state index contributed by atoms with van der Waals surface area (Å²) in [5, 5.41) is 3.48. The summed E-state index contributed by atoms with van der Waals surface area (Å²) in [5.41, 5.74) is 1.86. The second kappa shape index (κ2) is 6.04. The molecule has 1 aromatic rings. The second-order valence-corrected chi connectivity index (χ2v) is 7.00. The van der Waals surface area contributed by atoms with Gasteiger partial charge in [-0.2, -0.15) is 0 Å². The first kappa shape index (κ1) is 14.4. The lowest BCUT2D eigenvalue weighted by molar-refractivity contribution is 0.193. The lowest BCUT2D eigenvalue weighted by Gasteiger charge is -2.34. The highest BCUT2D eigenvalue weighted by Gasteiger charge is 2.38. The van der Waals surface area contributed by atoms with Crippen molar-refractivity contribution in [2.24, 2.45) is 5.41 Å². The molecule has 1 aromatic carbocycles. The van der Waals surface area contributed by atoms with Crippen LogP contribution < -0.4 is 10.1 Å². The lowest BCUT2D eigenvalue weighted by Crippen LogP contribution is -2.38. The number of ether oxygens (including phenoxy) is 1. The van der Waals surface area contributed by atoms with Crippen LogP contribution in [0, 0.1) is 5.41 Å². The normalized spacial score (nSPS) is 22.3. The standard InChI is InChI=1S/C16H23BrN2O/c1-20-15-13(3-2-4-14(15)17)11-19-10-7-16(12-19)5-8-18-9-6-16/h2-4,18H,5-12H2,1H3. The Bertz CT molecular complexity index is 472. The van der Waals surface area contributed by atoms with Gasteiger partial charge in [0.05, 0.1) is 11.6 Å². The van der Waals surface area contributed by atoms with Gasteiger partial charge in [-0.1, -0.05) is 12.1 Å². The fraction of sp³-hybridized carbons (Fsp3) is 0.625. The Hall–Kier alpha value is -0.580. The van der Waals surface area contributed by atoms with Gasteiger partial charge >= 0.3 is 0 Å². The van der Waals surface area contributed by atoms with Crippen LogP contribution in [0.25, 0.3) is 0 Å². The van der Waals surface area contributed by atoms with Crippen LogP contribution in [0.15, 0.2) is 22.7 Å². The molecule has 0 aliphatic carbocycles. The average molecular weight is 339 g/mol. The fourth-order valence-electron chi connectivity index (χ4n) is 3.68. The smallest absolute Gasteiger partial charge is 0.137 e. The van der Waals surface area contributed by atoms with E-state index in [0.29, 0.717) is 5.41 Å². The average Bonchev–Trinajstić information content (AvgIpc) is 2.82. The molecule has 3 rings (SSSR count). The first-order valence-electron chi connectivity index (χ1n) is 7.47. The zero-order valence-electron chi connectivity index (χ0n) is 12.1. The topological polar surface area (TPSA) is 24.5 Å². The molecule has 2 fully saturated rings. The summed E-state index contributed by atoms with van der Waals surface area (Å²) in [6.45, 7) is 5.83. The van der Waals surface area contributed by atoms with Crippen molar-refractivity contribution < 1.29 is 4.74 Å². The number of hydrogen-bond acceptors (Lipinski definition) is 3. The molecule has 2 aliphatic heterocycles. The Morgan fingerprint density at radius 1 is 1.30 bits per heavy atom. The van der Waals surface area contributed by atoms with E-state index in [1.54, 1.807) is 7.11 Å². The van der Waals surface area contributed by atoms with Crippen molar-refractivity contribution in [2.75, 3.05) is 33.3 Å². The summed E-state index contributed by atoms with van der Waals surface area (Å²) in [7, 11) is 1.75. The molecule has 0 radical (unpaired) electrons. The quantitative estimate of drug-likeness (QED) is 0.916. The van der Waals surface area contributed by atoms with Gasteiger partial charge in [0.2, 0.25) is 0 Å². The first-order chi connectivity index (χ1) is 9.72. The molecule has 2 heterocycles. The highest BCUT2D eigenvalue weighted by molar-refractivity contribution is 9.10. The Kier molecular flexibility index (Phi) is 4.34. The number of benzene rings is 1. The molecular weight excluding hydrogens is 316 g/mol. The monoisotopic (exact) mass is 338 g/mol. The molecule has 0 amide bonds. The van der Waals surface area contributed by atoms with Gasteiger partial charge in [0.15, 0.2) is 0 Å². The van der Waals surface area contributed by atoms with Crippen molar-refractivity contribution in [2.45, 2.75) is 25.8 Å². The third-order valence-electron chi connectivity index (χ3n) is 4.83. The number of nitrogens with one attached hydrogen (secondary N) is 1. The van der Waals surface area contributed by atoms with E-state index < -0.39 is 0 Å². The lowest BCUT2D eigenvalue weighted by atomic mass is 9.78. The Balaban J connectivity index is 1.69. The number of methoxy groups -OCH3 is 1. The van der Waals surface area contributed by atoms with E-state index in [2.05, 4.69) is 38.3 Å². The van der Waals surface area contributed by atoms with Gasteiger partial charge in [-0.3, -0.25) is 4.90 Å². The Morgan fingerprint density at radius 3 is 2.85 bits per heavy atom. The molecule has 1 N–H and O–H groups in total. The summed E-state index contributed by atoms with van der Waals surface area (Å²) >= 11 is 3.57. The third-order valence-corrected chi connectivity index (χ3v) is 5.45. The third kappa shape index (κ3) is 2.87. The van der Waals surface area contributed by atoms with Crippen LogP contribution in [0.4, 0.5) is 0 Å². The van der Waals surface area contributed by atoms with Crippen molar-refractivity contribution in [3.63, 3.8) is 0 Å². The number of rotatable bonds is 3. The van der Waals surface area contributed by atoms with Gasteiger partial charge in [-0.15, -0.1) is 0 Å². The van der Waals surface area contributed by atoms with Crippen LogP contribution in [0.2, 0.25) is 0 Å². The van der Waals surface area contributed by atoms with E-state index in [0.717, 1.165) is 16.8 Å². The van der Waals surface area contributed by atoms with Crippen LogP contribution in [0.5, 0.6) is 5.75 Å². The zero-order valence-corrected chi connectivity index (χ0v) is 13.7. The van der Waals surface area contributed by atoms with Gasteiger partial charge in [0.25, 0.3) is 0 Å². The van der Waals surface area contributed by atoms with Crippen molar-refractivity contribution in [3.05, 3.63) is 28.2 Å². The molecule has 0 unspecified atom stereocenters. The number of piperidine rings is 1. The van der Waals surface area contributed by atoms with Gasteiger partial charge in [0.1, 0.15) is 5.75 Å². The van der Waals surface area contributed by atoms with Crippen molar-refractivity contribution >= 4 is 15.9 Å². The van der Waals surface area contributed by atoms with Crippen molar-refractivity contribution in [1.82, 2.24) is 10.2 Å². The van der Waals surface area contributed by atoms with E-state index in [9.17, 15) is 0 Å². The number of hydrogen-bond donors (Lipinski definition) is 1. The second-order valence-electron chi connectivity index (χ2n) is 6.14. The van der Waals surface area contributed by atoms with Crippen LogP contribution in [-0.4, -0.2) is 38.2 Å². The molecule has 4 heteroatoms. The number of nitrogens with zero attached hydrogens (tertiary/aromatic N) is 1. The number of likely N-dealkylation sites (tertiary alicyclic amines) is 1. The van der Waals surface area contributed by atoms with E-state index in [-0.39, 0.29) is 0 Å². The molecule has 2 aliphatic rings. The summed E-state index contributed by atoms with van der Waals surface area (Å²) in [4.78, 5) is 2.59. The molecule has 1 spiro atoms. The molecular formula is C16H23BrN2O. The number of para-hydroxylation sites is 1. The van der Waals surface area contributed by atoms with Crippen LogP contribution in [0.3, 0.4) is 0 Å². The number of halogens is 1. The maximum atomic E-state index is 5.54. The minimum atomic E-state index is 0.574. The molecule has 2 saturated heterocycles. The van der Waals surface area contributed by atoms with Crippen LogP contribution in [-0.2, 0) is 6.54 Å². The van der Waals surface area contributed by atoms with Gasteiger partial charge in [-0.25, -0.2) is 0 Å². The molecule has 0 aromatic heterocycles. The molecule has 3 nitrogen and oxygen atoms in total. The maximum Gasteiger partial charge on any atom is 0.137 e. The Morgan fingerprint density at radius 2 is 2.10 bits per heavy atom. The summed E-state index contributed by atoms with van der Waals surface area (Å²) in [6.07, 6.45) is 4.02. The fourth-order valence-corrected chi connectivity index (χ4v) is 4.24.